The van der Waals surface area contributed by atoms with Gasteiger partial charge in [0.25, 0.3) is 0 Å². The second-order valence-electron chi connectivity index (χ2n) is 6.99. The zero-order valence-electron chi connectivity index (χ0n) is 15.4. The van der Waals surface area contributed by atoms with Crippen LogP contribution in [0.3, 0.4) is 0 Å². The van der Waals surface area contributed by atoms with Gasteiger partial charge in [0.1, 0.15) is 17.3 Å². The summed E-state index contributed by atoms with van der Waals surface area (Å²) in [5.74, 6) is 2.58. The smallest absolute Gasteiger partial charge is 0.183 e. The van der Waals surface area contributed by atoms with Crippen LogP contribution in [0.25, 0.3) is 16.8 Å². The quantitative estimate of drug-likeness (QED) is 0.502. The lowest BCUT2D eigenvalue weighted by atomic mass is 10.1. The molecule has 0 N–H and O–H groups in total. The molecule has 0 saturated carbocycles. The Bertz CT molecular complexity index is 1090. The van der Waals surface area contributed by atoms with Crippen LogP contribution < -0.4 is 4.74 Å². The summed E-state index contributed by atoms with van der Waals surface area (Å²) in [5, 5.41) is 0. The Balaban J connectivity index is 1.51. The zero-order valence-corrected chi connectivity index (χ0v) is 15.4. The standard InChI is InChI=1S/C22H19BN4O/c23-27-13-4-7-19(27)22-25-21(20-15-24-12-14-26(20)22)16-8-10-18(11-9-16)28-17-5-2-1-3-6-17/h1-3,5-6,8-12,14-15,19H,4,7,13H2/t19-/m0/s1. The summed E-state index contributed by atoms with van der Waals surface area (Å²) in [4.78, 5) is 11.2. The lowest BCUT2D eigenvalue weighted by Gasteiger charge is -2.18. The minimum atomic E-state index is 0.129. The van der Waals surface area contributed by atoms with Gasteiger partial charge in [0, 0.05) is 18.0 Å². The van der Waals surface area contributed by atoms with Gasteiger partial charge in [-0.25, -0.2) is 4.98 Å². The summed E-state index contributed by atoms with van der Waals surface area (Å²) in [6.45, 7) is 0.894. The molecular formula is C22H19BN4O. The molecule has 2 aromatic heterocycles. The second-order valence-corrected chi connectivity index (χ2v) is 6.99. The van der Waals surface area contributed by atoms with Crippen molar-refractivity contribution in [2.75, 3.05) is 6.54 Å². The summed E-state index contributed by atoms with van der Waals surface area (Å²) >= 11 is 0. The molecule has 136 valence electrons. The molecule has 1 atom stereocenters. The van der Waals surface area contributed by atoms with Crippen molar-refractivity contribution in [2.45, 2.75) is 18.9 Å². The van der Waals surface area contributed by atoms with E-state index in [4.69, 9.17) is 17.7 Å². The van der Waals surface area contributed by atoms with Crippen LogP contribution in [0.1, 0.15) is 24.7 Å². The molecule has 5 rings (SSSR count). The third-order valence-electron chi connectivity index (χ3n) is 5.17. The number of hydrogen-bond donors (Lipinski definition) is 0. The van der Waals surface area contributed by atoms with Crippen LogP contribution in [-0.2, 0) is 0 Å². The van der Waals surface area contributed by atoms with Crippen LogP contribution in [-0.4, -0.2) is 33.7 Å². The fraction of sp³-hybridized carbons (Fsp3) is 0.182. The summed E-state index contributed by atoms with van der Waals surface area (Å²) in [5.41, 5.74) is 2.92. The van der Waals surface area contributed by atoms with E-state index in [9.17, 15) is 0 Å². The molecule has 3 heterocycles. The lowest BCUT2D eigenvalue weighted by molar-refractivity contribution is 0.415. The third-order valence-corrected chi connectivity index (χ3v) is 5.17. The van der Waals surface area contributed by atoms with Crippen molar-refractivity contribution in [1.29, 1.82) is 0 Å². The average Bonchev–Trinajstić information content (AvgIpc) is 3.33. The van der Waals surface area contributed by atoms with E-state index in [1.165, 1.54) is 0 Å². The van der Waals surface area contributed by atoms with Gasteiger partial charge < -0.3 is 9.55 Å². The maximum atomic E-state index is 6.19. The highest BCUT2D eigenvalue weighted by atomic mass is 16.5. The normalized spacial score (nSPS) is 17.2. The van der Waals surface area contributed by atoms with Crippen molar-refractivity contribution < 1.29 is 4.74 Å². The molecule has 1 aliphatic heterocycles. The Kier molecular flexibility index (Phi) is 4.33. The van der Waals surface area contributed by atoms with Gasteiger partial charge in [-0.05, 0) is 55.8 Å². The van der Waals surface area contributed by atoms with E-state index in [1.807, 2.05) is 71.8 Å². The van der Waals surface area contributed by atoms with E-state index in [2.05, 4.69) is 9.38 Å². The molecule has 5 nitrogen and oxygen atoms in total. The number of ether oxygens (including phenoxy) is 1. The first kappa shape index (κ1) is 17.0. The van der Waals surface area contributed by atoms with Crippen LogP contribution in [0.5, 0.6) is 11.5 Å². The first-order valence-electron chi connectivity index (χ1n) is 9.46. The highest BCUT2D eigenvalue weighted by Crippen LogP contribution is 2.34. The van der Waals surface area contributed by atoms with Crippen LogP contribution in [0.2, 0.25) is 0 Å². The van der Waals surface area contributed by atoms with Crippen molar-refractivity contribution >= 4 is 13.5 Å². The molecule has 2 aromatic carbocycles. The molecule has 28 heavy (non-hydrogen) atoms. The average molecular weight is 366 g/mol. The fourth-order valence-electron chi connectivity index (χ4n) is 3.78. The molecular weight excluding hydrogens is 347 g/mol. The molecule has 0 aliphatic carbocycles. The van der Waals surface area contributed by atoms with Gasteiger partial charge in [-0.1, -0.05) is 18.2 Å². The predicted octanol–water partition coefficient (Wildman–Crippen LogP) is 4.41. The van der Waals surface area contributed by atoms with Crippen molar-refractivity contribution in [2.24, 2.45) is 0 Å². The van der Waals surface area contributed by atoms with E-state index in [1.54, 1.807) is 6.20 Å². The van der Waals surface area contributed by atoms with Gasteiger partial charge in [0.05, 0.1) is 23.4 Å². The summed E-state index contributed by atoms with van der Waals surface area (Å²) < 4.78 is 8.00. The molecule has 4 aromatic rings. The SMILES string of the molecule is [B]N1CCC[C@H]1c1nc(-c2ccc(Oc3ccccc3)cc2)c2cnccn12. The topological polar surface area (TPSA) is 42.7 Å². The first-order chi connectivity index (χ1) is 13.8. The number of imidazole rings is 1. The Morgan fingerprint density at radius 3 is 2.54 bits per heavy atom. The highest BCUT2D eigenvalue weighted by Gasteiger charge is 2.27. The minimum Gasteiger partial charge on any atom is -0.457 e. The van der Waals surface area contributed by atoms with Crippen molar-refractivity contribution in [1.82, 2.24) is 19.2 Å². The van der Waals surface area contributed by atoms with Crippen molar-refractivity contribution in [3.05, 3.63) is 79.0 Å². The number of nitrogens with zero attached hydrogens (tertiary/aromatic N) is 4. The molecule has 1 saturated heterocycles. The maximum Gasteiger partial charge on any atom is 0.183 e. The molecule has 6 heteroatoms. The number of hydrogen-bond acceptors (Lipinski definition) is 4. The van der Waals surface area contributed by atoms with E-state index in [0.29, 0.717) is 0 Å². The van der Waals surface area contributed by atoms with Crippen molar-refractivity contribution in [3.63, 3.8) is 0 Å². The second kappa shape index (κ2) is 7.13. The van der Waals surface area contributed by atoms with Gasteiger partial charge in [0.15, 0.2) is 7.98 Å². The molecule has 0 amide bonds. The van der Waals surface area contributed by atoms with Crippen LogP contribution in [0.15, 0.2) is 73.2 Å². The van der Waals surface area contributed by atoms with Gasteiger partial charge >= 0.3 is 0 Å². The number of aromatic nitrogens is 3. The molecule has 2 radical (unpaired) electrons. The molecule has 1 fully saturated rings. The number of rotatable bonds is 4. The predicted molar refractivity (Wildman–Crippen MR) is 109 cm³/mol. The Morgan fingerprint density at radius 2 is 1.79 bits per heavy atom. The van der Waals surface area contributed by atoms with Crippen LogP contribution >= 0.6 is 0 Å². The summed E-state index contributed by atoms with van der Waals surface area (Å²) in [7, 11) is 6.19. The Hall–Kier alpha value is -3.12. The Labute approximate surface area is 165 Å². The maximum absolute atomic E-state index is 6.19. The first-order valence-corrected chi connectivity index (χ1v) is 9.46. The highest BCUT2D eigenvalue weighted by molar-refractivity contribution is 6.04. The number of para-hydroxylation sites is 1. The summed E-state index contributed by atoms with van der Waals surface area (Å²) in [6, 6.07) is 17.9. The molecule has 0 spiro atoms. The third kappa shape index (κ3) is 3.06. The monoisotopic (exact) mass is 366 g/mol. The molecule has 1 aliphatic rings. The number of fused-ring (bicyclic) bond motifs is 1. The number of benzene rings is 2. The largest absolute Gasteiger partial charge is 0.457 e. The van der Waals surface area contributed by atoms with E-state index < -0.39 is 0 Å². The van der Waals surface area contributed by atoms with E-state index in [-0.39, 0.29) is 6.04 Å². The van der Waals surface area contributed by atoms with Gasteiger partial charge in [0.2, 0.25) is 0 Å². The van der Waals surface area contributed by atoms with Gasteiger partial charge in [-0.15, -0.1) is 0 Å². The van der Waals surface area contributed by atoms with Crippen LogP contribution in [0, 0.1) is 0 Å². The van der Waals surface area contributed by atoms with E-state index in [0.717, 1.165) is 53.5 Å². The Morgan fingerprint density at radius 1 is 1.00 bits per heavy atom. The molecule has 0 bridgehead atoms. The molecule has 0 unspecified atom stereocenters. The van der Waals surface area contributed by atoms with Gasteiger partial charge in [-0.3, -0.25) is 9.38 Å². The van der Waals surface area contributed by atoms with E-state index >= 15 is 0 Å². The minimum absolute atomic E-state index is 0.129. The van der Waals surface area contributed by atoms with Crippen LogP contribution in [0.4, 0.5) is 0 Å². The van der Waals surface area contributed by atoms with Gasteiger partial charge in [-0.2, -0.15) is 0 Å². The fourth-order valence-corrected chi connectivity index (χ4v) is 3.78. The van der Waals surface area contributed by atoms with Crippen molar-refractivity contribution in [3.8, 4) is 22.8 Å². The zero-order chi connectivity index (χ0) is 18.9. The summed E-state index contributed by atoms with van der Waals surface area (Å²) in [6.07, 6.45) is 7.70. The lowest BCUT2D eigenvalue weighted by Crippen LogP contribution is -2.21.